The van der Waals surface area contributed by atoms with E-state index in [1.165, 1.54) is 18.7 Å². The zero-order valence-corrected chi connectivity index (χ0v) is 11.4. The Hall–Kier alpha value is -1.20. The van der Waals surface area contributed by atoms with Gasteiger partial charge in [-0.25, -0.2) is 0 Å². The molecular formula is C12H14ClNO3S. The Kier molecular flexibility index (Phi) is 6.01. The van der Waals surface area contributed by atoms with Crippen LogP contribution in [0.3, 0.4) is 0 Å². The molecule has 0 fully saturated rings. The summed E-state index contributed by atoms with van der Waals surface area (Å²) in [5.74, 6) is -0.695. The highest BCUT2D eigenvalue weighted by molar-refractivity contribution is 7.99. The van der Waals surface area contributed by atoms with Crippen molar-refractivity contribution in [3.63, 3.8) is 0 Å². The molecule has 0 heterocycles. The first-order valence-corrected chi connectivity index (χ1v) is 6.76. The number of carboxylic acid groups (broad SMARTS) is 1. The summed E-state index contributed by atoms with van der Waals surface area (Å²) in [6.45, 7) is 1.44. The Morgan fingerprint density at radius 3 is 2.56 bits per heavy atom. The highest BCUT2D eigenvalue weighted by Crippen LogP contribution is 2.20. The molecule has 18 heavy (non-hydrogen) atoms. The molecule has 0 bridgehead atoms. The number of thioether (sulfide) groups is 1. The molecule has 0 aliphatic carbocycles. The molecule has 1 atom stereocenters. The van der Waals surface area contributed by atoms with Crippen LogP contribution in [-0.4, -0.2) is 28.8 Å². The molecule has 2 N–H and O–H groups in total. The number of carbonyl (C=O) groups excluding carboxylic acids is 1. The van der Waals surface area contributed by atoms with Gasteiger partial charge in [-0.1, -0.05) is 11.6 Å². The van der Waals surface area contributed by atoms with Gasteiger partial charge in [0.25, 0.3) is 0 Å². The van der Waals surface area contributed by atoms with Crippen LogP contribution in [-0.2, 0) is 9.59 Å². The van der Waals surface area contributed by atoms with E-state index in [1.807, 2.05) is 12.1 Å². The molecule has 0 aliphatic rings. The minimum atomic E-state index is -1.03. The number of hydrogen-bond donors (Lipinski definition) is 2. The van der Waals surface area contributed by atoms with Crippen molar-refractivity contribution >= 4 is 35.2 Å². The van der Waals surface area contributed by atoms with Gasteiger partial charge < -0.3 is 10.4 Å². The molecular weight excluding hydrogens is 274 g/mol. The fourth-order valence-corrected chi connectivity index (χ4v) is 2.15. The van der Waals surface area contributed by atoms with Crippen LogP contribution in [0.5, 0.6) is 0 Å². The van der Waals surface area contributed by atoms with Crippen molar-refractivity contribution in [2.75, 3.05) is 5.75 Å². The van der Waals surface area contributed by atoms with Gasteiger partial charge in [-0.15, -0.1) is 11.8 Å². The van der Waals surface area contributed by atoms with Gasteiger partial charge in [0.15, 0.2) is 0 Å². The average Bonchev–Trinajstić information content (AvgIpc) is 2.31. The van der Waals surface area contributed by atoms with E-state index in [1.54, 1.807) is 12.1 Å². The lowest BCUT2D eigenvalue weighted by molar-refractivity contribution is -0.141. The van der Waals surface area contributed by atoms with Gasteiger partial charge in [0.2, 0.25) is 5.91 Å². The molecule has 0 unspecified atom stereocenters. The molecule has 0 aromatic heterocycles. The summed E-state index contributed by atoms with van der Waals surface area (Å²) >= 11 is 7.28. The number of aliphatic carboxylic acids is 1. The van der Waals surface area contributed by atoms with Crippen molar-refractivity contribution in [3.8, 4) is 0 Å². The van der Waals surface area contributed by atoms with Crippen LogP contribution >= 0.6 is 23.4 Å². The number of nitrogens with one attached hydrogen (secondary N) is 1. The Balaban J connectivity index is 2.27. The van der Waals surface area contributed by atoms with Gasteiger partial charge in [0.1, 0.15) is 6.04 Å². The van der Waals surface area contributed by atoms with E-state index < -0.39 is 12.0 Å². The maximum atomic E-state index is 11.4. The third-order valence-electron chi connectivity index (χ3n) is 2.16. The van der Waals surface area contributed by atoms with Crippen LogP contribution < -0.4 is 5.32 Å². The van der Waals surface area contributed by atoms with Crippen molar-refractivity contribution in [2.45, 2.75) is 24.3 Å². The summed E-state index contributed by atoms with van der Waals surface area (Å²) < 4.78 is 0. The molecule has 0 radical (unpaired) electrons. The fraction of sp³-hybridized carbons (Fsp3) is 0.333. The second kappa shape index (κ2) is 7.28. The number of carbonyl (C=O) groups is 2. The maximum Gasteiger partial charge on any atom is 0.325 e. The number of benzene rings is 1. The summed E-state index contributed by atoms with van der Waals surface area (Å²) in [5, 5.41) is 11.7. The first-order chi connectivity index (χ1) is 8.49. The van der Waals surface area contributed by atoms with E-state index in [0.717, 1.165) is 4.90 Å². The molecule has 98 valence electrons. The monoisotopic (exact) mass is 287 g/mol. The van der Waals surface area contributed by atoms with Crippen molar-refractivity contribution in [1.29, 1.82) is 0 Å². The highest BCUT2D eigenvalue weighted by Gasteiger charge is 2.13. The van der Waals surface area contributed by atoms with E-state index in [9.17, 15) is 9.59 Å². The van der Waals surface area contributed by atoms with Crippen LogP contribution in [0.15, 0.2) is 29.2 Å². The molecule has 0 aliphatic heterocycles. The Morgan fingerprint density at radius 1 is 1.39 bits per heavy atom. The highest BCUT2D eigenvalue weighted by atomic mass is 35.5. The van der Waals surface area contributed by atoms with E-state index >= 15 is 0 Å². The second-order valence-corrected chi connectivity index (χ2v) is 5.28. The van der Waals surface area contributed by atoms with E-state index in [0.29, 0.717) is 10.8 Å². The Bertz CT molecular complexity index is 422. The molecule has 0 saturated heterocycles. The van der Waals surface area contributed by atoms with Gasteiger partial charge in [-0.3, -0.25) is 9.59 Å². The number of hydrogen-bond acceptors (Lipinski definition) is 3. The lowest BCUT2D eigenvalue weighted by atomic mass is 10.3. The van der Waals surface area contributed by atoms with E-state index in [2.05, 4.69) is 5.32 Å². The maximum absolute atomic E-state index is 11.4. The quantitative estimate of drug-likeness (QED) is 0.789. The molecule has 1 aromatic rings. The SMILES string of the molecule is C[C@H](NC(=O)CCSc1ccc(Cl)cc1)C(=O)O. The molecule has 4 nitrogen and oxygen atoms in total. The normalized spacial score (nSPS) is 11.9. The van der Waals surface area contributed by atoms with Crippen LogP contribution in [0.4, 0.5) is 0 Å². The van der Waals surface area contributed by atoms with Gasteiger partial charge in [0, 0.05) is 22.1 Å². The summed E-state index contributed by atoms with van der Waals surface area (Å²) in [6, 6.07) is 6.49. The number of rotatable bonds is 6. The summed E-state index contributed by atoms with van der Waals surface area (Å²) in [6.07, 6.45) is 0.283. The van der Waals surface area contributed by atoms with Crippen molar-refractivity contribution in [1.82, 2.24) is 5.32 Å². The van der Waals surface area contributed by atoms with Gasteiger partial charge >= 0.3 is 5.97 Å². The standard InChI is InChI=1S/C12H14ClNO3S/c1-8(12(16)17)14-11(15)6-7-18-10-4-2-9(13)3-5-10/h2-5,8H,6-7H2,1H3,(H,14,15)(H,16,17)/t8-/m0/s1. The van der Waals surface area contributed by atoms with Crippen LogP contribution in [0.25, 0.3) is 0 Å². The Morgan fingerprint density at radius 2 is 2.00 bits per heavy atom. The van der Waals surface area contributed by atoms with Gasteiger partial charge in [-0.05, 0) is 31.2 Å². The van der Waals surface area contributed by atoms with Gasteiger partial charge in [-0.2, -0.15) is 0 Å². The van der Waals surface area contributed by atoms with Gasteiger partial charge in [0.05, 0.1) is 0 Å². The summed E-state index contributed by atoms with van der Waals surface area (Å²) in [4.78, 5) is 22.9. The van der Waals surface area contributed by atoms with Crippen LogP contribution in [0, 0.1) is 0 Å². The van der Waals surface area contributed by atoms with Crippen molar-refractivity contribution in [2.24, 2.45) is 0 Å². The minimum Gasteiger partial charge on any atom is -0.480 e. The third kappa shape index (κ3) is 5.42. The largest absolute Gasteiger partial charge is 0.480 e. The zero-order valence-electron chi connectivity index (χ0n) is 9.85. The molecule has 1 amide bonds. The molecule has 1 rings (SSSR count). The number of halogens is 1. The summed E-state index contributed by atoms with van der Waals surface area (Å²) in [5.41, 5.74) is 0. The molecule has 1 aromatic carbocycles. The first kappa shape index (κ1) is 14.9. The van der Waals surface area contributed by atoms with E-state index in [-0.39, 0.29) is 12.3 Å². The smallest absolute Gasteiger partial charge is 0.325 e. The summed E-state index contributed by atoms with van der Waals surface area (Å²) in [7, 11) is 0. The minimum absolute atomic E-state index is 0.258. The first-order valence-electron chi connectivity index (χ1n) is 5.39. The average molecular weight is 288 g/mol. The molecule has 0 spiro atoms. The predicted octanol–water partition coefficient (Wildman–Crippen LogP) is 2.41. The topological polar surface area (TPSA) is 66.4 Å². The fourth-order valence-electron chi connectivity index (χ4n) is 1.17. The predicted molar refractivity (Wildman–Crippen MR) is 72.0 cm³/mol. The van der Waals surface area contributed by atoms with E-state index in [4.69, 9.17) is 16.7 Å². The third-order valence-corrected chi connectivity index (χ3v) is 3.43. The second-order valence-electron chi connectivity index (χ2n) is 3.68. The molecule has 6 heteroatoms. The number of carboxylic acids is 1. The van der Waals surface area contributed by atoms with Crippen LogP contribution in [0.1, 0.15) is 13.3 Å². The van der Waals surface area contributed by atoms with Crippen molar-refractivity contribution < 1.29 is 14.7 Å². The lowest BCUT2D eigenvalue weighted by Gasteiger charge is -2.08. The van der Waals surface area contributed by atoms with Crippen LogP contribution in [0.2, 0.25) is 5.02 Å². The zero-order chi connectivity index (χ0) is 13.5. The van der Waals surface area contributed by atoms with Crippen molar-refractivity contribution in [3.05, 3.63) is 29.3 Å². The Labute approximate surface area is 115 Å². The number of amides is 1. The lowest BCUT2D eigenvalue weighted by Crippen LogP contribution is -2.38. The molecule has 0 saturated carbocycles.